The van der Waals surface area contributed by atoms with Crippen molar-refractivity contribution in [3.8, 4) is 0 Å². The van der Waals surface area contributed by atoms with Crippen LogP contribution in [0, 0.1) is 0 Å². The number of pyridine rings is 1. The molecule has 0 saturated carbocycles. The zero-order chi connectivity index (χ0) is 15.6. The van der Waals surface area contributed by atoms with Gasteiger partial charge in [-0.1, -0.05) is 5.16 Å². The quantitative estimate of drug-likeness (QED) is 0.733. The molecule has 0 atom stereocenters. The number of rotatable bonds is 3. The number of hydrogen-bond donors (Lipinski definition) is 0. The molecule has 4 heterocycles. The molecule has 116 valence electrons. The number of hydrogen-bond acceptors (Lipinski definition) is 5. The number of carbonyl (C=O) groups is 1. The van der Waals surface area contributed by atoms with Crippen LogP contribution in [0.2, 0.25) is 0 Å². The summed E-state index contributed by atoms with van der Waals surface area (Å²) in [6.45, 7) is 1.67. The van der Waals surface area contributed by atoms with Crippen LogP contribution in [0.5, 0.6) is 0 Å². The van der Waals surface area contributed by atoms with Crippen LogP contribution in [0.4, 0.5) is 0 Å². The lowest BCUT2D eigenvalue weighted by Crippen LogP contribution is -2.36. The Balaban J connectivity index is 1.56. The van der Waals surface area contributed by atoms with Crippen LogP contribution in [-0.4, -0.2) is 37.3 Å². The van der Waals surface area contributed by atoms with E-state index in [1.54, 1.807) is 35.4 Å². The molecule has 3 aromatic heterocycles. The van der Waals surface area contributed by atoms with Gasteiger partial charge in [0, 0.05) is 43.3 Å². The molecule has 3 aromatic rings. The first-order chi connectivity index (χ1) is 11.3. The molecular weight excluding hydrogens is 294 g/mol. The number of amides is 1. The smallest absolute Gasteiger partial charge is 0.255 e. The summed E-state index contributed by atoms with van der Waals surface area (Å²) in [5, 5.41) is 8.34. The zero-order valence-corrected chi connectivity index (χ0v) is 12.4. The maximum absolute atomic E-state index is 12.6. The Morgan fingerprint density at radius 2 is 2.26 bits per heavy atom. The molecular formula is C16H15N5O2. The van der Waals surface area contributed by atoms with Gasteiger partial charge >= 0.3 is 0 Å². The average Bonchev–Trinajstić information content (AvgIpc) is 3.25. The van der Waals surface area contributed by atoms with E-state index in [0.717, 1.165) is 17.0 Å². The normalized spacial score (nSPS) is 13.8. The first kappa shape index (κ1) is 13.7. The molecule has 4 rings (SSSR count). The molecule has 7 heteroatoms. The second-order valence-electron chi connectivity index (χ2n) is 5.45. The van der Waals surface area contributed by atoms with Crippen LogP contribution in [0.25, 0.3) is 0 Å². The summed E-state index contributed by atoms with van der Waals surface area (Å²) in [7, 11) is 0. The second-order valence-corrected chi connectivity index (χ2v) is 5.45. The van der Waals surface area contributed by atoms with E-state index >= 15 is 0 Å². The molecule has 0 spiro atoms. The summed E-state index contributed by atoms with van der Waals surface area (Å²) in [4.78, 5) is 18.4. The molecule has 0 saturated heterocycles. The molecule has 0 fully saturated rings. The van der Waals surface area contributed by atoms with Crippen molar-refractivity contribution in [1.82, 2.24) is 24.8 Å². The van der Waals surface area contributed by atoms with Gasteiger partial charge in [-0.25, -0.2) is 0 Å². The molecule has 1 aliphatic heterocycles. The first-order valence-electron chi connectivity index (χ1n) is 7.44. The second kappa shape index (κ2) is 5.68. The van der Waals surface area contributed by atoms with E-state index in [0.29, 0.717) is 31.6 Å². The summed E-state index contributed by atoms with van der Waals surface area (Å²) >= 11 is 0. The van der Waals surface area contributed by atoms with E-state index in [2.05, 4.69) is 15.2 Å². The Labute approximate surface area is 132 Å². The van der Waals surface area contributed by atoms with Gasteiger partial charge in [-0.3, -0.25) is 14.5 Å². The minimum absolute atomic E-state index is 0.0185. The summed E-state index contributed by atoms with van der Waals surface area (Å²) in [6.07, 6.45) is 7.53. The Kier molecular flexibility index (Phi) is 3.38. The minimum Gasteiger partial charge on any atom is -0.361 e. The van der Waals surface area contributed by atoms with Crippen molar-refractivity contribution in [3.63, 3.8) is 0 Å². The van der Waals surface area contributed by atoms with Gasteiger partial charge in [0.25, 0.3) is 5.91 Å². The predicted octanol–water partition coefficient (Wildman–Crippen LogP) is 1.51. The fourth-order valence-electron chi connectivity index (χ4n) is 2.78. The lowest BCUT2D eigenvalue weighted by molar-refractivity contribution is 0.0728. The maximum atomic E-state index is 12.6. The van der Waals surface area contributed by atoms with E-state index < -0.39 is 0 Å². The third-order valence-corrected chi connectivity index (χ3v) is 3.98. The lowest BCUT2D eigenvalue weighted by atomic mass is 10.0. The van der Waals surface area contributed by atoms with Gasteiger partial charge in [-0.2, -0.15) is 5.10 Å². The van der Waals surface area contributed by atoms with Crippen LogP contribution in [-0.2, 0) is 19.5 Å². The maximum Gasteiger partial charge on any atom is 0.255 e. The molecule has 0 bridgehead atoms. The van der Waals surface area contributed by atoms with Crippen molar-refractivity contribution in [3.05, 3.63) is 65.6 Å². The van der Waals surface area contributed by atoms with Crippen molar-refractivity contribution >= 4 is 5.91 Å². The molecule has 23 heavy (non-hydrogen) atoms. The number of carbonyl (C=O) groups excluding carboxylic acids is 1. The minimum atomic E-state index is -0.0185. The Morgan fingerprint density at radius 3 is 3.04 bits per heavy atom. The SMILES string of the molecule is O=C(c1cccnc1)N1CCc2onc(Cn3cccn3)c2C1. The van der Waals surface area contributed by atoms with Crippen LogP contribution in [0.15, 0.2) is 47.5 Å². The highest BCUT2D eigenvalue weighted by Crippen LogP contribution is 2.24. The first-order valence-corrected chi connectivity index (χ1v) is 7.44. The van der Waals surface area contributed by atoms with Crippen molar-refractivity contribution < 1.29 is 9.32 Å². The van der Waals surface area contributed by atoms with E-state index in [1.165, 1.54) is 0 Å². The van der Waals surface area contributed by atoms with Gasteiger partial charge in [0.1, 0.15) is 11.5 Å². The fourth-order valence-corrected chi connectivity index (χ4v) is 2.78. The molecule has 0 aliphatic carbocycles. The van der Waals surface area contributed by atoms with Crippen LogP contribution >= 0.6 is 0 Å². The predicted molar refractivity (Wildman–Crippen MR) is 80.5 cm³/mol. The van der Waals surface area contributed by atoms with E-state index in [-0.39, 0.29) is 5.91 Å². The molecule has 1 amide bonds. The van der Waals surface area contributed by atoms with Crippen molar-refractivity contribution in [2.45, 2.75) is 19.5 Å². The van der Waals surface area contributed by atoms with Gasteiger partial charge in [0.2, 0.25) is 0 Å². The Bertz CT molecular complexity index is 810. The molecule has 7 nitrogen and oxygen atoms in total. The van der Waals surface area contributed by atoms with Crippen molar-refractivity contribution in [2.75, 3.05) is 6.54 Å². The van der Waals surface area contributed by atoms with Crippen LogP contribution in [0.1, 0.15) is 27.4 Å². The van der Waals surface area contributed by atoms with Gasteiger partial charge in [-0.15, -0.1) is 0 Å². The summed E-state index contributed by atoms with van der Waals surface area (Å²) < 4.78 is 7.22. The van der Waals surface area contributed by atoms with E-state index in [4.69, 9.17) is 4.52 Å². The lowest BCUT2D eigenvalue weighted by Gasteiger charge is -2.26. The monoisotopic (exact) mass is 309 g/mol. The highest BCUT2D eigenvalue weighted by molar-refractivity contribution is 5.94. The van der Waals surface area contributed by atoms with Gasteiger partial charge in [0.15, 0.2) is 0 Å². The fraction of sp³-hybridized carbons (Fsp3) is 0.250. The van der Waals surface area contributed by atoms with E-state index in [9.17, 15) is 4.79 Å². The molecule has 0 aromatic carbocycles. The molecule has 0 N–H and O–H groups in total. The number of nitrogens with zero attached hydrogens (tertiary/aromatic N) is 5. The van der Waals surface area contributed by atoms with Crippen LogP contribution in [0.3, 0.4) is 0 Å². The van der Waals surface area contributed by atoms with Gasteiger partial charge in [0.05, 0.1) is 18.7 Å². The van der Waals surface area contributed by atoms with E-state index in [1.807, 2.05) is 17.2 Å². The largest absolute Gasteiger partial charge is 0.361 e. The number of aromatic nitrogens is 4. The molecule has 1 aliphatic rings. The Hall–Kier alpha value is -2.96. The summed E-state index contributed by atoms with van der Waals surface area (Å²) in [5.41, 5.74) is 2.41. The summed E-state index contributed by atoms with van der Waals surface area (Å²) in [5.74, 6) is 0.845. The third-order valence-electron chi connectivity index (χ3n) is 3.98. The topological polar surface area (TPSA) is 77.0 Å². The van der Waals surface area contributed by atoms with Crippen molar-refractivity contribution in [1.29, 1.82) is 0 Å². The molecule has 0 radical (unpaired) electrons. The zero-order valence-electron chi connectivity index (χ0n) is 12.4. The van der Waals surface area contributed by atoms with Crippen molar-refractivity contribution in [2.24, 2.45) is 0 Å². The van der Waals surface area contributed by atoms with Gasteiger partial charge < -0.3 is 9.42 Å². The Morgan fingerprint density at radius 1 is 1.30 bits per heavy atom. The summed E-state index contributed by atoms with van der Waals surface area (Å²) in [6, 6.07) is 5.42. The number of fused-ring (bicyclic) bond motifs is 1. The highest BCUT2D eigenvalue weighted by atomic mass is 16.5. The average molecular weight is 309 g/mol. The van der Waals surface area contributed by atoms with Crippen LogP contribution < -0.4 is 0 Å². The standard InChI is InChI=1S/C16H15N5O2/c22-16(12-3-1-5-17-9-12)20-8-4-15-13(10-20)14(19-23-15)11-21-7-2-6-18-21/h1-3,5-7,9H,4,8,10-11H2. The third kappa shape index (κ3) is 2.61. The highest BCUT2D eigenvalue weighted by Gasteiger charge is 2.27. The van der Waals surface area contributed by atoms with Gasteiger partial charge in [-0.05, 0) is 18.2 Å². The molecule has 0 unspecified atom stereocenters.